The molecule has 2 aromatic rings. The molecule has 1 heterocycles. The minimum atomic E-state index is -0.990. The van der Waals surface area contributed by atoms with Gasteiger partial charge in [0.05, 0.1) is 6.10 Å². The monoisotopic (exact) mass is 478 g/mol. The standard InChI is InChI=1S/C27H30N2O6/c1-34-24-14-29(13-21(24)26(31)32)25(30)23(12-16-10-11-16)28-27(33)35-15-22-19-8-4-2-6-17(19)18-7-3-5-9-20(18)22/h2-9,16,21-24H,10-15H2,1H3,(H,28,33)(H,31,32)/t21?,23-,24?/m0/s1. The number of ether oxygens (including phenoxy) is 2. The summed E-state index contributed by atoms with van der Waals surface area (Å²) in [7, 11) is 1.45. The number of hydrogen-bond donors (Lipinski definition) is 2. The van der Waals surface area contributed by atoms with Crippen LogP contribution in [-0.4, -0.2) is 66.9 Å². The van der Waals surface area contributed by atoms with Crippen LogP contribution >= 0.6 is 0 Å². The normalized spacial score (nSPS) is 21.8. The molecule has 8 heteroatoms. The van der Waals surface area contributed by atoms with Gasteiger partial charge in [-0.25, -0.2) is 4.79 Å². The van der Waals surface area contributed by atoms with E-state index in [4.69, 9.17) is 9.47 Å². The van der Waals surface area contributed by atoms with E-state index in [-0.39, 0.29) is 31.5 Å². The molecule has 2 aliphatic carbocycles. The number of hydrogen-bond acceptors (Lipinski definition) is 5. The number of alkyl carbamates (subject to hydrolysis) is 1. The Morgan fingerprint density at radius 1 is 1.03 bits per heavy atom. The molecule has 184 valence electrons. The van der Waals surface area contributed by atoms with Crippen molar-refractivity contribution in [3.8, 4) is 11.1 Å². The number of rotatable bonds is 8. The summed E-state index contributed by atoms with van der Waals surface area (Å²) in [6, 6.07) is 15.5. The number of carbonyl (C=O) groups is 3. The number of likely N-dealkylation sites (tertiary alicyclic amines) is 1. The first kappa shape index (κ1) is 23.4. The van der Waals surface area contributed by atoms with Gasteiger partial charge in [0.15, 0.2) is 0 Å². The van der Waals surface area contributed by atoms with E-state index in [9.17, 15) is 19.5 Å². The lowest BCUT2D eigenvalue weighted by Crippen LogP contribution is -2.48. The zero-order valence-corrected chi connectivity index (χ0v) is 19.7. The zero-order valence-electron chi connectivity index (χ0n) is 19.7. The first-order valence-corrected chi connectivity index (χ1v) is 12.1. The van der Waals surface area contributed by atoms with Crippen LogP contribution in [0.5, 0.6) is 0 Å². The summed E-state index contributed by atoms with van der Waals surface area (Å²) in [6.07, 6.45) is 1.37. The van der Waals surface area contributed by atoms with E-state index in [1.165, 1.54) is 12.0 Å². The minimum absolute atomic E-state index is 0.0666. The van der Waals surface area contributed by atoms with Gasteiger partial charge >= 0.3 is 12.1 Å². The Bertz CT molecular complexity index is 1080. The van der Waals surface area contributed by atoms with E-state index in [2.05, 4.69) is 29.6 Å². The Balaban J connectivity index is 1.25. The Morgan fingerprint density at radius 3 is 2.20 bits per heavy atom. The number of benzene rings is 2. The van der Waals surface area contributed by atoms with Gasteiger partial charge in [-0.2, -0.15) is 0 Å². The third kappa shape index (κ3) is 4.75. The number of methoxy groups -OCH3 is 1. The highest BCUT2D eigenvalue weighted by Gasteiger charge is 2.43. The lowest BCUT2D eigenvalue weighted by Gasteiger charge is -2.24. The van der Waals surface area contributed by atoms with Crippen molar-refractivity contribution in [2.75, 3.05) is 26.8 Å². The number of nitrogens with one attached hydrogen (secondary N) is 1. The first-order valence-electron chi connectivity index (χ1n) is 12.1. The van der Waals surface area contributed by atoms with Gasteiger partial charge in [0.1, 0.15) is 18.6 Å². The summed E-state index contributed by atoms with van der Waals surface area (Å²) in [6.45, 7) is 0.431. The second-order valence-electron chi connectivity index (χ2n) is 9.66. The molecule has 1 saturated heterocycles. The molecule has 0 aromatic heterocycles. The molecule has 0 spiro atoms. The van der Waals surface area contributed by atoms with Crippen molar-refractivity contribution in [3.63, 3.8) is 0 Å². The van der Waals surface area contributed by atoms with Crippen molar-refractivity contribution in [3.05, 3.63) is 59.7 Å². The minimum Gasteiger partial charge on any atom is -0.481 e. The SMILES string of the molecule is COC1CN(C(=O)[C@H](CC2CC2)NC(=O)OCC2c3ccccc3-c3ccccc32)CC1C(=O)O. The predicted octanol–water partition coefficient (Wildman–Crippen LogP) is 3.25. The summed E-state index contributed by atoms with van der Waals surface area (Å²) in [5, 5.41) is 12.2. The molecule has 3 atom stereocenters. The van der Waals surface area contributed by atoms with Crippen molar-refractivity contribution in [2.24, 2.45) is 11.8 Å². The smallest absolute Gasteiger partial charge is 0.407 e. The van der Waals surface area contributed by atoms with Gasteiger partial charge < -0.3 is 24.8 Å². The second kappa shape index (κ2) is 9.70. The molecule has 3 aliphatic rings. The molecule has 35 heavy (non-hydrogen) atoms. The molecule has 2 aromatic carbocycles. The fraction of sp³-hybridized carbons (Fsp3) is 0.444. The van der Waals surface area contributed by atoms with Crippen LogP contribution in [0, 0.1) is 11.8 Å². The van der Waals surface area contributed by atoms with Crippen molar-refractivity contribution >= 4 is 18.0 Å². The number of amides is 2. The lowest BCUT2D eigenvalue weighted by molar-refractivity contribution is -0.144. The highest BCUT2D eigenvalue weighted by atomic mass is 16.5. The number of nitrogens with zero attached hydrogens (tertiary/aromatic N) is 1. The van der Waals surface area contributed by atoms with Crippen LogP contribution < -0.4 is 5.32 Å². The maximum atomic E-state index is 13.3. The summed E-state index contributed by atoms with van der Waals surface area (Å²) in [5.41, 5.74) is 4.53. The van der Waals surface area contributed by atoms with Crippen molar-refractivity contribution in [1.82, 2.24) is 10.2 Å². The third-order valence-corrected chi connectivity index (χ3v) is 7.40. The number of carbonyl (C=O) groups excluding carboxylic acids is 2. The molecule has 2 N–H and O–H groups in total. The maximum Gasteiger partial charge on any atom is 0.407 e. The van der Waals surface area contributed by atoms with E-state index < -0.39 is 30.1 Å². The third-order valence-electron chi connectivity index (χ3n) is 7.40. The van der Waals surface area contributed by atoms with Gasteiger partial charge in [-0.15, -0.1) is 0 Å². The zero-order chi connectivity index (χ0) is 24.5. The number of carboxylic acids is 1. The summed E-state index contributed by atoms with van der Waals surface area (Å²) in [5.74, 6) is -1.73. The van der Waals surface area contributed by atoms with Crippen LogP contribution in [0.1, 0.15) is 36.3 Å². The van der Waals surface area contributed by atoms with Crippen LogP contribution in [0.25, 0.3) is 11.1 Å². The average molecular weight is 479 g/mol. The fourth-order valence-electron chi connectivity index (χ4n) is 5.34. The molecule has 2 fully saturated rings. The van der Waals surface area contributed by atoms with Crippen molar-refractivity contribution in [1.29, 1.82) is 0 Å². The summed E-state index contributed by atoms with van der Waals surface area (Å²) >= 11 is 0. The quantitative estimate of drug-likeness (QED) is 0.604. The molecule has 1 aliphatic heterocycles. The van der Waals surface area contributed by atoms with Crippen LogP contribution in [0.15, 0.2) is 48.5 Å². The van der Waals surface area contributed by atoms with E-state index >= 15 is 0 Å². The highest BCUT2D eigenvalue weighted by molar-refractivity contribution is 5.87. The lowest BCUT2D eigenvalue weighted by atomic mass is 9.98. The second-order valence-corrected chi connectivity index (χ2v) is 9.66. The van der Waals surface area contributed by atoms with Crippen LogP contribution in [0.2, 0.25) is 0 Å². The number of fused-ring (bicyclic) bond motifs is 3. The Labute approximate surface area is 204 Å². The van der Waals surface area contributed by atoms with Gasteiger partial charge in [-0.3, -0.25) is 9.59 Å². The van der Waals surface area contributed by atoms with Gasteiger partial charge in [0.25, 0.3) is 0 Å². The molecule has 0 bridgehead atoms. The average Bonchev–Trinajstić information content (AvgIpc) is 3.47. The van der Waals surface area contributed by atoms with Crippen LogP contribution in [0.4, 0.5) is 4.79 Å². The summed E-state index contributed by atoms with van der Waals surface area (Å²) in [4.78, 5) is 39.1. The topological polar surface area (TPSA) is 105 Å². The Morgan fingerprint density at radius 2 is 1.66 bits per heavy atom. The van der Waals surface area contributed by atoms with E-state index in [0.29, 0.717) is 12.3 Å². The molecular weight excluding hydrogens is 448 g/mol. The first-order chi connectivity index (χ1) is 17.0. The molecular formula is C27H30N2O6. The molecule has 8 nitrogen and oxygen atoms in total. The largest absolute Gasteiger partial charge is 0.481 e. The molecule has 2 amide bonds. The molecule has 0 radical (unpaired) electrons. The summed E-state index contributed by atoms with van der Waals surface area (Å²) < 4.78 is 10.9. The van der Waals surface area contributed by atoms with Crippen molar-refractivity contribution < 1.29 is 29.0 Å². The van der Waals surface area contributed by atoms with E-state index in [1.54, 1.807) is 0 Å². The number of aliphatic carboxylic acids is 1. The molecule has 2 unspecified atom stereocenters. The van der Waals surface area contributed by atoms with Crippen molar-refractivity contribution in [2.45, 2.75) is 37.3 Å². The van der Waals surface area contributed by atoms with Gasteiger partial charge in [0, 0.05) is 26.1 Å². The highest BCUT2D eigenvalue weighted by Crippen LogP contribution is 2.44. The van der Waals surface area contributed by atoms with Crippen LogP contribution in [-0.2, 0) is 19.1 Å². The van der Waals surface area contributed by atoms with Gasteiger partial charge in [-0.05, 0) is 34.6 Å². The number of carboxylic acid groups (broad SMARTS) is 1. The van der Waals surface area contributed by atoms with E-state index in [0.717, 1.165) is 35.1 Å². The van der Waals surface area contributed by atoms with Gasteiger partial charge in [-0.1, -0.05) is 61.4 Å². The molecule has 1 saturated carbocycles. The predicted molar refractivity (Wildman–Crippen MR) is 128 cm³/mol. The Hall–Kier alpha value is -3.39. The van der Waals surface area contributed by atoms with E-state index in [1.807, 2.05) is 24.3 Å². The van der Waals surface area contributed by atoms with Gasteiger partial charge in [0.2, 0.25) is 5.91 Å². The molecule has 5 rings (SSSR count). The maximum absolute atomic E-state index is 13.3. The van der Waals surface area contributed by atoms with Crippen LogP contribution in [0.3, 0.4) is 0 Å². The fourth-order valence-corrected chi connectivity index (χ4v) is 5.34. The Kier molecular flexibility index (Phi) is 6.47.